The minimum atomic E-state index is -0.241. The van der Waals surface area contributed by atoms with Crippen molar-refractivity contribution in [3.63, 3.8) is 0 Å². The zero-order chi connectivity index (χ0) is 14.8. The molecule has 0 heterocycles. The van der Waals surface area contributed by atoms with Crippen molar-refractivity contribution in [2.75, 3.05) is 11.4 Å². The van der Waals surface area contributed by atoms with Crippen LogP contribution in [0.1, 0.15) is 27.7 Å². The molecule has 0 saturated carbocycles. The molecular weight excluding hydrogens is 248 g/mol. The second-order valence-electron chi connectivity index (χ2n) is 5.92. The van der Waals surface area contributed by atoms with Gasteiger partial charge in [-0.1, -0.05) is 36.4 Å². The summed E-state index contributed by atoms with van der Waals surface area (Å²) in [7, 11) is 0. The molecule has 3 nitrogen and oxygen atoms in total. The molecule has 20 heavy (non-hydrogen) atoms. The van der Waals surface area contributed by atoms with Crippen molar-refractivity contribution in [1.29, 1.82) is 0 Å². The van der Waals surface area contributed by atoms with Gasteiger partial charge in [0, 0.05) is 17.5 Å². The number of nitrogens with zero attached hydrogens (tertiary/aromatic N) is 1. The summed E-state index contributed by atoms with van der Waals surface area (Å²) in [6, 6.07) is 14.1. The molecule has 2 amide bonds. The number of rotatable bonds is 2. The van der Waals surface area contributed by atoms with Crippen molar-refractivity contribution in [1.82, 2.24) is 5.32 Å². The van der Waals surface area contributed by atoms with Gasteiger partial charge in [0.15, 0.2) is 0 Å². The molecule has 0 saturated heterocycles. The molecule has 2 aromatic carbocycles. The number of amides is 2. The van der Waals surface area contributed by atoms with Gasteiger partial charge >= 0.3 is 6.03 Å². The Morgan fingerprint density at radius 2 is 1.75 bits per heavy atom. The topological polar surface area (TPSA) is 32.3 Å². The smallest absolute Gasteiger partial charge is 0.322 e. The first-order valence-corrected chi connectivity index (χ1v) is 7.00. The summed E-state index contributed by atoms with van der Waals surface area (Å²) in [6.45, 7) is 8.59. The fourth-order valence-corrected chi connectivity index (χ4v) is 2.26. The molecule has 0 fully saturated rings. The molecule has 0 aromatic heterocycles. The Hall–Kier alpha value is -2.03. The van der Waals surface area contributed by atoms with E-state index < -0.39 is 0 Å². The Morgan fingerprint density at radius 1 is 1.10 bits per heavy atom. The lowest BCUT2D eigenvalue weighted by Gasteiger charge is -2.28. The molecule has 0 atom stereocenters. The number of benzene rings is 2. The summed E-state index contributed by atoms with van der Waals surface area (Å²) in [5.41, 5.74) is 0.710. The van der Waals surface area contributed by atoms with Crippen molar-refractivity contribution >= 4 is 22.5 Å². The van der Waals surface area contributed by atoms with E-state index in [1.807, 2.05) is 52.0 Å². The number of nitrogens with one attached hydrogen (secondary N) is 1. The van der Waals surface area contributed by atoms with E-state index >= 15 is 0 Å². The van der Waals surface area contributed by atoms with Gasteiger partial charge in [0.2, 0.25) is 0 Å². The molecule has 0 aliphatic heterocycles. The zero-order valence-corrected chi connectivity index (χ0v) is 12.6. The molecule has 0 unspecified atom stereocenters. The summed E-state index contributed by atoms with van der Waals surface area (Å²) >= 11 is 0. The van der Waals surface area contributed by atoms with E-state index in [2.05, 4.69) is 23.5 Å². The fraction of sp³-hybridized carbons (Fsp3) is 0.353. The molecule has 0 spiro atoms. The van der Waals surface area contributed by atoms with Crippen LogP contribution in [-0.4, -0.2) is 18.1 Å². The number of hydrogen-bond donors (Lipinski definition) is 1. The lowest BCUT2D eigenvalue weighted by atomic mass is 10.1. The Balaban J connectivity index is 2.42. The minimum absolute atomic E-state index is 0.0589. The van der Waals surface area contributed by atoms with Crippen LogP contribution in [0.4, 0.5) is 10.5 Å². The van der Waals surface area contributed by atoms with Gasteiger partial charge in [-0.15, -0.1) is 0 Å². The zero-order valence-electron chi connectivity index (χ0n) is 12.6. The summed E-state index contributed by atoms with van der Waals surface area (Å²) in [5, 5.41) is 5.26. The van der Waals surface area contributed by atoms with Crippen LogP contribution >= 0.6 is 0 Å². The van der Waals surface area contributed by atoms with Crippen LogP contribution in [0, 0.1) is 0 Å². The summed E-state index contributed by atoms with van der Waals surface area (Å²) in [6.07, 6.45) is 0. The van der Waals surface area contributed by atoms with Crippen LogP contribution in [0.25, 0.3) is 10.8 Å². The van der Waals surface area contributed by atoms with Gasteiger partial charge in [0.25, 0.3) is 0 Å². The largest absolute Gasteiger partial charge is 0.333 e. The number of urea groups is 1. The first-order chi connectivity index (χ1) is 9.42. The first-order valence-electron chi connectivity index (χ1n) is 7.00. The molecule has 0 radical (unpaired) electrons. The van der Waals surface area contributed by atoms with Gasteiger partial charge in [-0.2, -0.15) is 0 Å². The third-order valence-corrected chi connectivity index (χ3v) is 3.10. The van der Waals surface area contributed by atoms with Gasteiger partial charge in [-0.05, 0) is 39.1 Å². The monoisotopic (exact) mass is 270 g/mol. The van der Waals surface area contributed by atoms with Crippen molar-refractivity contribution in [3.8, 4) is 0 Å². The average molecular weight is 270 g/mol. The lowest BCUT2D eigenvalue weighted by molar-refractivity contribution is 0.238. The van der Waals surface area contributed by atoms with Gasteiger partial charge in [0.05, 0.1) is 5.69 Å². The molecule has 2 rings (SSSR count). The fourth-order valence-electron chi connectivity index (χ4n) is 2.26. The van der Waals surface area contributed by atoms with Gasteiger partial charge in [-0.25, -0.2) is 4.79 Å². The Bertz CT molecular complexity index is 608. The maximum absolute atomic E-state index is 12.4. The molecule has 106 valence electrons. The minimum Gasteiger partial charge on any atom is -0.333 e. The van der Waals surface area contributed by atoms with Crippen molar-refractivity contribution in [3.05, 3.63) is 42.5 Å². The van der Waals surface area contributed by atoms with E-state index in [9.17, 15) is 4.79 Å². The van der Waals surface area contributed by atoms with Gasteiger partial charge in [0.1, 0.15) is 0 Å². The lowest BCUT2D eigenvalue weighted by Crippen LogP contribution is -2.48. The highest BCUT2D eigenvalue weighted by molar-refractivity contribution is 6.03. The molecule has 0 aliphatic rings. The average Bonchev–Trinajstić information content (AvgIpc) is 2.38. The highest BCUT2D eigenvalue weighted by Crippen LogP contribution is 2.26. The highest BCUT2D eigenvalue weighted by Gasteiger charge is 2.20. The normalized spacial score (nSPS) is 11.4. The Labute approximate surface area is 120 Å². The number of carbonyl (C=O) groups is 1. The Morgan fingerprint density at radius 3 is 2.40 bits per heavy atom. The van der Waals surface area contributed by atoms with Gasteiger partial charge in [-0.3, -0.25) is 4.90 Å². The quantitative estimate of drug-likeness (QED) is 0.872. The predicted molar refractivity (Wildman–Crippen MR) is 85.3 cm³/mol. The third kappa shape index (κ3) is 3.10. The molecular formula is C17H22N2O. The number of anilines is 1. The van der Waals surface area contributed by atoms with Gasteiger partial charge < -0.3 is 5.32 Å². The van der Waals surface area contributed by atoms with Crippen LogP contribution in [0.2, 0.25) is 0 Å². The number of hydrogen-bond acceptors (Lipinski definition) is 1. The van der Waals surface area contributed by atoms with E-state index in [0.717, 1.165) is 16.5 Å². The van der Waals surface area contributed by atoms with Crippen LogP contribution < -0.4 is 10.2 Å². The van der Waals surface area contributed by atoms with E-state index in [1.54, 1.807) is 4.90 Å². The summed E-state index contributed by atoms with van der Waals surface area (Å²) < 4.78 is 0. The highest BCUT2D eigenvalue weighted by atomic mass is 16.2. The van der Waals surface area contributed by atoms with E-state index in [0.29, 0.717) is 6.54 Å². The molecule has 0 bridgehead atoms. The number of carbonyl (C=O) groups excluding carboxylic acids is 1. The molecule has 2 aromatic rings. The standard InChI is InChI=1S/C17H22N2O/c1-5-19(16(20)18-17(2,3)4)15-12-8-10-13-9-6-7-11-14(13)15/h6-12H,5H2,1-4H3,(H,18,20). The molecule has 1 N–H and O–H groups in total. The van der Waals surface area contributed by atoms with Crippen LogP contribution in [0.15, 0.2) is 42.5 Å². The number of fused-ring (bicyclic) bond motifs is 1. The molecule has 0 aliphatic carbocycles. The third-order valence-electron chi connectivity index (χ3n) is 3.10. The van der Waals surface area contributed by atoms with E-state index in [4.69, 9.17) is 0 Å². The van der Waals surface area contributed by atoms with Crippen molar-refractivity contribution in [2.45, 2.75) is 33.2 Å². The van der Waals surface area contributed by atoms with E-state index in [-0.39, 0.29) is 11.6 Å². The predicted octanol–water partition coefficient (Wildman–Crippen LogP) is 4.17. The Kier molecular flexibility index (Phi) is 3.98. The van der Waals surface area contributed by atoms with Crippen LogP contribution in [0.5, 0.6) is 0 Å². The summed E-state index contributed by atoms with van der Waals surface area (Å²) in [5.74, 6) is 0. The van der Waals surface area contributed by atoms with Crippen molar-refractivity contribution in [2.24, 2.45) is 0 Å². The maximum Gasteiger partial charge on any atom is 0.322 e. The summed E-state index contributed by atoms with van der Waals surface area (Å²) in [4.78, 5) is 14.2. The maximum atomic E-state index is 12.4. The first kappa shape index (κ1) is 14.4. The second-order valence-corrected chi connectivity index (χ2v) is 5.92. The van der Waals surface area contributed by atoms with Crippen LogP contribution in [0.3, 0.4) is 0 Å². The molecule has 3 heteroatoms. The SMILES string of the molecule is CCN(C(=O)NC(C)(C)C)c1cccc2ccccc12. The van der Waals surface area contributed by atoms with Crippen molar-refractivity contribution < 1.29 is 4.79 Å². The van der Waals surface area contributed by atoms with Crippen LogP contribution in [-0.2, 0) is 0 Å². The van der Waals surface area contributed by atoms with E-state index in [1.165, 1.54) is 0 Å². The second kappa shape index (κ2) is 5.53.